The topological polar surface area (TPSA) is 99.6 Å². The van der Waals surface area contributed by atoms with Crippen molar-refractivity contribution in [3.8, 4) is 0 Å². The molecule has 0 atom stereocenters. The number of aryl methyl sites for hydroxylation is 1. The van der Waals surface area contributed by atoms with Crippen LogP contribution in [-0.2, 0) is 10.0 Å². The second-order valence-corrected chi connectivity index (χ2v) is 6.26. The zero-order chi connectivity index (χ0) is 16.2. The van der Waals surface area contributed by atoms with E-state index < -0.39 is 15.8 Å². The predicted octanol–water partition coefficient (Wildman–Crippen LogP) is 2.28. The minimum absolute atomic E-state index is 0.0935. The Kier molecular flexibility index (Phi) is 4.50. The Balaban J connectivity index is 2.40. The largest absolute Gasteiger partial charge is 0.361 e. The number of rotatable bonds is 5. The lowest BCUT2D eigenvalue weighted by atomic mass is 10.1. The second kappa shape index (κ2) is 6.34. The number of anilines is 1. The molecule has 0 aliphatic carbocycles. The van der Waals surface area contributed by atoms with E-state index in [1.54, 1.807) is 24.3 Å². The Hall–Kier alpha value is -2.76. The van der Waals surface area contributed by atoms with Crippen molar-refractivity contribution in [3.63, 3.8) is 0 Å². The molecular weight excluding hydrogens is 302 g/mol. The molecule has 112 valence electrons. The first kappa shape index (κ1) is 15.6. The number of carbonyl (C=O) groups excluding carboxylic acids is 1. The van der Waals surface area contributed by atoms with Gasteiger partial charge in [-0.2, -0.15) is 4.79 Å². The molecule has 6 nitrogen and oxygen atoms in total. The summed E-state index contributed by atoms with van der Waals surface area (Å²) in [6.07, 6.45) is 0.707. The molecule has 1 N–H and O–H groups in total. The Morgan fingerprint density at radius 1 is 1.14 bits per heavy atom. The molecule has 2 aromatic rings. The molecular formula is C15H13N3O3S. The predicted molar refractivity (Wildman–Crippen MR) is 82.4 cm³/mol. The zero-order valence-electron chi connectivity index (χ0n) is 11.7. The summed E-state index contributed by atoms with van der Waals surface area (Å²) in [5.74, 6) is -0.607. The van der Waals surface area contributed by atoms with Gasteiger partial charge < -0.3 is 5.53 Å². The van der Waals surface area contributed by atoms with Crippen LogP contribution in [0.5, 0.6) is 0 Å². The fraction of sp³-hybridized carbons (Fsp3) is 0.0667. The molecule has 0 fully saturated rings. The minimum Gasteiger partial charge on any atom is -0.361 e. The van der Waals surface area contributed by atoms with Gasteiger partial charge in [-0.05, 0) is 31.2 Å². The second-order valence-electron chi connectivity index (χ2n) is 4.57. The van der Waals surface area contributed by atoms with E-state index in [0.717, 1.165) is 5.56 Å². The number of hydrogen-bond donors (Lipinski definition) is 1. The van der Waals surface area contributed by atoms with Crippen LogP contribution in [0.4, 0.5) is 5.69 Å². The van der Waals surface area contributed by atoms with Gasteiger partial charge in [0.2, 0.25) is 0 Å². The van der Waals surface area contributed by atoms with Crippen molar-refractivity contribution < 1.29 is 18.0 Å². The van der Waals surface area contributed by atoms with Crippen molar-refractivity contribution in [1.82, 2.24) is 0 Å². The Labute approximate surface area is 128 Å². The van der Waals surface area contributed by atoms with E-state index in [-0.39, 0.29) is 16.1 Å². The number of para-hydroxylation sites is 1. The summed E-state index contributed by atoms with van der Waals surface area (Å²) in [6.45, 7) is 1.85. The highest BCUT2D eigenvalue weighted by Gasteiger charge is 2.19. The Bertz CT molecular complexity index is 852. The van der Waals surface area contributed by atoms with Crippen LogP contribution in [0, 0.1) is 6.92 Å². The lowest BCUT2D eigenvalue weighted by Crippen LogP contribution is -2.16. The zero-order valence-corrected chi connectivity index (χ0v) is 12.5. The monoisotopic (exact) mass is 315 g/mol. The third kappa shape index (κ3) is 3.46. The summed E-state index contributed by atoms with van der Waals surface area (Å²) in [5.41, 5.74) is 9.59. The number of carbonyl (C=O) groups is 1. The molecule has 0 amide bonds. The van der Waals surface area contributed by atoms with Crippen LogP contribution in [0.3, 0.4) is 0 Å². The summed E-state index contributed by atoms with van der Waals surface area (Å²) < 4.78 is 27.1. The van der Waals surface area contributed by atoms with Crippen LogP contribution in [0.1, 0.15) is 15.9 Å². The van der Waals surface area contributed by atoms with E-state index in [2.05, 4.69) is 9.51 Å². The van der Waals surface area contributed by atoms with Crippen LogP contribution >= 0.6 is 0 Å². The van der Waals surface area contributed by atoms with Crippen molar-refractivity contribution in [2.75, 3.05) is 4.72 Å². The number of hydrogen-bond acceptors (Lipinski definition) is 3. The molecule has 0 aliphatic rings. The number of nitrogens with zero attached hydrogens (tertiary/aromatic N) is 2. The van der Waals surface area contributed by atoms with Gasteiger partial charge in [-0.15, -0.1) is 0 Å². The molecule has 0 saturated carbocycles. The van der Waals surface area contributed by atoms with E-state index in [1.807, 2.05) is 6.92 Å². The molecule has 0 radical (unpaired) electrons. The highest BCUT2D eigenvalue weighted by Crippen LogP contribution is 2.20. The van der Waals surface area contributed by atoms with Crippen molar-refractivity contribution in [2.45, 2.75) is 11.8 Å². The highest BCUT2D eigenvalue weighted by molar-refractivity contribution is 7.92. The number of Topliss-reactive ketones (excluding diaryl/α,β-unsaturated/α-hetero) is 1. The summed E-state index contributed by atoms with van der Waals surface area (Å²) in [7, 11) is -3.81. The van der Waals surface area contributed by atoms with Crippen molar-refractivity contribution >= 4 is 27.7 Å². The average molecular weight is 315 g/mol. The first-order valence-corrected chi connectivity index (χ1v) is 7.82. The molecule has 0 aliphatic heterocycles. The van der Waals surface area contributed by atoms with Crippen molar-refractivity contribution in [3.05, 3.63) is 65.2 Å². The van der Waals surface area contributed by atoms with Gasteiger partial charge in [0.15, 0.2) is 0 Å². The van der Waals surface area contributed by atoms with Crippen LogP contribution in [0.25, 0.3) is 5.53 Å². The highest BCUT2D eigenvalue weighted by atomic mass is 32.2. The fourth-order valence-electron chi connectivity index (χ4n) is 1.83. The quantitative estimate of drug-likeness (QED) is 0.396. The molecule has 0 aromatic heterocycles. The van der Waals surface area contributed by atoms with Crippen LogP contribution in [-0.4, -0.2) is 25.2 Å². The molecule has 0 bridgehead atoms. The number of nitrogens with one attached hydrogen (secondary N) is 1. The average Bonchev–Trinajstić information content (AvgIpc) is 2.48. The van der Waals surface area contributed by atoms with Crippen LogP contribution in [0.15, 0.2) is 53.4 Å². The molecule has 2 aromatic carbocycles. The molecule has 7 heteroatoms. The van der Waals surface area contributed by atoms with Crippen molar-refractivity contribution in [2.24, 2.45) is 0 Å². The lowest BCUT2D eigenvalue weighted by molar-refractivity contribution is 0.00235. The van der Waals surface area contributed by atoms with Crippen LogP contribution < -0.4 is 4.72 Å². The van der Waals surface area contributed by atoms with Gasteiger partial charge in [-0.25, -0.2) is 8.42 Å². The van der Waals surface area contributed by atoms with E-state index in [4.69, 9.17) is 5.53 Å². The van der Waals surface area contributed by atoms with Gasteiger partial charge in [0.05, 0.1) is 16.1 Å². The minimum atomic E-state index is -3.81. The van der Waals surface area contributed by atoms with E-state index in [1.165, 1.54) is 24.3 Å². The SMILES string of the molecule is Cc1ccc(S(=O)(=O)Nc2ccccc2C(=O)C=[N+]=[N-])cc1. The number of ketones is 1. The van der Waals surface area contributed by atoms with E-state index >= 15 is 0 Å². The molecule has 22 heavy (non-hydrogen) atoms. The molecule has 0 spiro atoms. The summed E-state index contributed by atoms with van der Waals surface area (Å²) in [5, 5.41) is 0. The summed E-state index contributed by atoms with van der Waals surface area (Å²) in [6, 6.07) is 12.4. The summed E-state index contributed by atoms with van der Waals surface area (Å²) >= 11 is 0. The lowest BCUT2D eigenvalue weighted by Gasteiger charge is -2.10. The van der Waals surface area contributed by atoms with Gasteiger partial charge in [0, 0.05) is 0 Å². The van der Waals surface area contributed by atoms with Crippen LogP contribution in [0.2, 0.25) is 0 Å². The molecule has 2 rings (SSSR count). The smallest absolute Gasteiger partial charge is 0.328 e. The maximum absolute atomic E-state index is 12.3. The van der Waals surface area contributed by atoms with Gasteiger partial charge >= 0.3 is 6.21 Å². The summed E-state index contributed by atoms with van der Waals surface area (Å²) in [4.78, 5) is 14.5. The third-order valence-corrected chi connectivity index (χ3v) is 4.32. The maximum atomic E-state index is 12.3. The molecule has 0 unspecified atom stereocenters. The van der Waals surface area contributed by atoms with Gasteiger partial charge in [-0.1, -0.05) is 29.8 Å². The first-order chi connectivity index (χ1) is 10.4. The molecule has 0 saturated heterocycles. The van der Waals surface area contributed by atoms with E-state index in [9.17, 15) is 13.2 Å². The van der Waals surface area contributed by atoms with Gasteiger partial charge in [0.25, 0.3) is 15.8 Å². The Morgan fingerprint density at radius 3 is 2.41 bits per heavy atom. The fourth-order valence-corrected chi connectivity index (χ4v) is 2.91. The standard InChI is InChI=1S/C15H13N3O3S/c1-11-6-8-12(9-7-11)22(20,21)18-14-5-3-2-4-13(14)15(19)10-17-16/h2-10,18H,1H3. The number of sulfonamides is 1. The first-order valence-electron chi connectivity index (χ1n) is 6.34. The van der Waals surface area contributed by atoms with Gasteiger partial charge in [-0.3, -0.25) is 9.52 Å². The van der Waals surface area contributed by atoms with Crippen molar-refractivity contribution in [1.29, 1.82) is 0 Å². The van der Waals surface area contributed by atoms with Gasteiger partial charge in [0.1, 0.15) is 0 Å². The molecule has 0 heterocycles. The Morgan fingerprint density at radius 2 is 1.77 bits per heavy atom. The number of benzene rings is 2. The van der Waals surface area contributed by atoms with E-state index in [0.29, 0.717) is 6.21 Å². The normalized spacial score (nSPS) is 10.6. The third-order valence-electron chi connectivity index (χ3n) is 2.94. The maximum Gasteiger partial charge on any atom is 0.328 e.